The maximum absolute atomic E-state index is 10.7. The maximum atomic E-state index is 10.7. The van der Waals surface area contributed by atoms with Crippen LogP contribution in [0.25, 0.3) is 6.08 Å². The molecular formula is C12H14N2O3S. The third kappa shape index (κ3) is 4.67. The second-order valence-corrected chi connectivity index (χ2v) is 4.90. The van der Waals surface area contributed by atoms with Crippen LogP contribution in [-0.4, -0.2) is 20.8 Å². The molecule has 0 atom stereocenters. The van der Waals surface area contributed by atoms with Crippen molar-refractivity contribution >= 4 is 28.6 Å². The van der Waals surface area contributed by atoms with E-state index in [0.29, 0.717) is 11.4 Å². The first-order valence-corrected chi connectivity index (χ1v) is 6.41. The van der Waals surface area contributed by atoms with Crippen LogP contribution in [0.5, 0.6) is 0 Å². The average molecular weight is 266 g/mol. The number of carbonyl (C=O) groups is 1. The molecule has 1 aromatic rings. The van der Waals surface area contributed by atoms with Crippen molar-refractivity contribution in [3.05, 3.63) is 39.7 Å². The predicted molar refractivity (Wildman–Crippen MR) is 72.4 cm³/mol. The van der Waals surface area contributed by atoms with Gasteiger partial charge in [-0.25, -0.2) is 4.98 Å². The van der Waals surface area contributed by atoms with E-state index in [1.165, 1.54) is 24.8 Å². The Hall–Kier alpha value is -1.69. The fourth-order valence-corrected chi connectivity index (χ4v) is 1.88. The Morgan fingerprint density at radius 1 is 1.56 bits per heavy atom. The first kappa shape index (κ1) is 14.4. The van der Waals surface area contributed by atoms with Crippen LogP contribution < -0.4 is 0 Å². The van der Waals surface area contributed by atoms with E-state index in [-0.39, 0.29) is 10.8 Å². The number of nitro groups is 1. The normalized spacial score (nSPS) is 10.8. The highest BCUT2D eigenvalue weighted by molar-refractivity contribution is 8.13. The molecule has 0 amide bonds. The molecule has 0 spiro atoms. The van der Waals surface area contributed by atoms with Gasteiger partial charge in [0.15, 0.2) is 5.12 Å². The molecule has 0 aliphatic heterocycles. The predicted octanol–water partition coefficient (Wildman–Crippen LogP) is 2.98. The summed E-state index contributed by atoms with van der Waals surface area (Å²) in [7, 11) is 0. The smallest absolute Gasteiger partial charge is 0.288 e. The molecule has 1 rings (SSSR count). The lowest BCUT2D eigenvalue weighted by Gasteiger charge is -1.98. The van der Waals surface area contributed by atoms with Gasteiger partial charge in [0, 0.05) is 18.7 Å². The summed E-state index contributed by atoms with van der Waals surface area (Å²) in [4.78, 5) is 25.0. The van der Waals surface area contributed by atoms with Gasteiger partial charge in [-0.05, 0) is 25.5 Å². The Morgan fingerprint density at radius 3 is 2.83 bits per heavy atom. The first-order chi connectivity index (χ1) is 8.50. The van der Waals surface area contributed by atoms with Crippen molar-refractivity contribution in [3.63, 3.8) is 0 Å². The zero-order valence-electron chi connectivity index (χ0n) is 10.3. The van der Waals surface area contributed by atoms with Crippen LogP contribution in [0.4, 0.5) is 5.69 Å². The maximum Gasteiger partial charge on any atom is 0.290 e. The summed E-state index contributed by atoms with van der Waals surface area (Å²) in [6.07, 6.45) is 4.48. The summed E-state index contributed by atoms with van der Waals surface area (Å²) in [6, 6.07) is 3.06. The number of nitrogens with zero attached hydrogens (tertiary/aromatic N) is 2. The zero-order chi connectivity index (χ0) is 13.5. The van der Waals surface area contributed by atoms with Crippen LogP contribution in [0.2, 0.25) is 0 Å². The van der Waals surface area contributed by atoms with Gasteiger partial charge in [0.25, 0.3) is 5.69 Å². The number of allylic oxidation sites excluding steroid dienone is 1. The lowest BCUT2D eigenvalue weighted by molar-refractivity contribution is -0.385. The van der Waals surface area contributed by atoms with E-state index in [1.807, 2.05) is 6.08 Å². The van der Waals surface area contributed by atoms with Gasteiger partial charge in [0.05, 0.1) is 10.6 Å². The first-order valence-electron chi connectivity index (χ1n) is 5.42. The molecule has 6 heteroatoms. The van der Waals surface area contributed by atoms with Crippen LogP contribution in [0.15, 0.2) is 18.2 Å². The van der Waals surface area contributed by atoms with Crippen molar-refractivity contribution in [2.75, 3.05) is 5.75 Å². The largest absolute Gasteiger partial charge is 0.290 e. The average Bonchev–Trinajstić information content (AvgIpc) is 2.27. The minimum absolute atomic E-state index is 0.0271. The molecule has 1 heterocycles. The molecule has 0 saturated heterocycles. The highest BCUT2D eigenvalue weighted by atomic mass is 32.2. The molecule has 0 aliphatic rings. The minimum Gasteiger partial charge on any atom is -0.288 e. The topological polar surface area (TPSA) is 73.1 Å². The monoisotopic (exact) mass is 266 g/mol. The van der Waals surface area contributed by atoms with E-state index < -0.39 is 4.92 Å². The number of carbonyl (C=O) groups excluding carboxylic acids is 1. The number of aromatic nitrogens is 1. The minimum atomic E-state index is -0.445. The molecule has 1 aromatic heterocycles. The van der Waals surface area contributed by atoms with Gasteiger partial charge in [-0.2, -0.15) is 0 Å². The standard InChI is InChI=1S/C12H14N2O3S/c1-9-12(14(16)17)7-6-11(13-9)5-3-4-8-18-10(2)15/h3,5-7H,4,8H2,1-2H3. The molecular weight excluding hydrogens is 252 g/mol. The molecule has 0 fully saturated rings. The third-order valence-electron chi connectivity index (χ3n) is 2.15. The summed E-state index contributed by atoms with van der Waals surface area (Å²) in [6.45, 7) is 3.15. The number of rotatable bonds is 5. The molecule has 0 aliphatic carbocycles. The molecule has 0 bridgehead atoms. The summed E-state index contributed by atoms with van der Waals surface area (Å²) >= 11 is 1.28. The van der Waals surface area contributed by atoms with Crippen molar-refractivity contribution in [3.8, 4) is 0 Å². The van der Waals surface area contributed by atoms with E-state index in [9.17, 15) is 14.9 Å². The Morgan fingerprint density at radius 2 is 2.28 bits per heavy atom. The number of hydrogen-bond acceptors (Lipinski definition) is 5. The quantitative estimate of drug-likeness (QED) is 0.465. The third-order valence-corrected chi connectivity index (χ3v) is 3.00. The molecule has 0 N–H and O–H groups in total. The molecule has 0 unspecified atom stereocenters. The van der Waals surface area contributed by atoms with E-state index in [2.05, 4.69) is 4.98 Å². The van der Waals surface area contributed by atoms with Crippen LogP contribution in [0.1, 0.15) is 24.7 Å². The van der Waals surface area contributed by atoms with Crippen molar-refractivity contribution in [1.29, 1.82) is 0 Å². The summed E-state index contributed by atoms with van der Waals surface area (Å²) in [5, 5.41) is 10.7. The van der Waals surface area contributed by atoms with Crippen molar-refractivity contribution in [2.45, 2.75) is 20.3 Å². The zero-order valence-corrected chi connectivity index (χ0v) is 11.1. The van der Waals surface area contributed by atoms with Crippen molar-refractivity contribution in [1.82, 2.24) is 4.98 Å². The Labute approximate surface area is 109 Å². The van der Waals surface area contributed by atoms with E-state index >= 15 is 0 Å². The second-order valence-electron chi connectivity index (χ2n) is 3.63. The number of pyridine rings is 1. The van der Waals surface area contributed by atoms with E-state index in [1.54, 1.807) is 19.1 Å². The van der Waals surface area contributed by atoms with Crippen LogP contribution >= 0.6 is 11.8 Å². The lowest BCUT2D eigenvalue weighted by atomic mass is 10.2. The second kappa shape index (κ2) is 6.90. The SMILES string of the molecule is CC(=O)SCCC=Cc1ccc([N+](=O)[O-])c(C)n1. The Kier molecular flexibility index (Phi) is 5.51. The fourth-order valence-electron chi connectivity index (χ4n) is 1.33. The summed E-state index contributed by atoms with van der Waals surface area (Å²) in [5.74, 6) is 0.734. The lowest BCUT2D eigenvalue weighted by Crippen LogP contribution is -1.95. The fraction of sp³-hybridized carbons (Fsp3) is 0.333. The van der Waals surface area contributed by atoms with Gasteiger partial charge in [-0.1, -0.05) is 17.8 Å². The summed E-state index contributed by atoms with van der Waals surface area (Å²) < 4.78 is 0. The van der Waals surface area contributed by atoms with Gasteiger partial charge in [-0.3, -0.25) is 14.9 Å². The van der Waals surface area contributed by atoms with Crippen molar-refractivity contribution in [2.24, 2.45) is 0 Å². The van der Waals surface area contributed by atoms with E-state index in [0.717, 1.165) is 12.2 Å². The molecule has 96 valence electrons. The molecule has 0 saturated carbocycles. The van der Waals surface area contributed by atoms with Crippen LogP contribution in [-0.2, 0) is 4.79 Å². The molecule has 18 heavy (non-hydrogen) atoms. The van der Waals surface area contributed by atoms with Gasteiger partial charge in [0.2, 0.25) is 0 Å². The summed E-state index contributed by atoms with van der Waals surface area (Å²) in [5.41, 5.74) is 1.12. The number of hydrogen-bond donors (Lipinski definition) is 0. The van der Waals surface area contributed by atoms with Gasteiger partial charge < -0.3 is 0 Å². The number of thioether (sulfide) groups is 1. The van der Waals surface area contributed by atoms with Gasteiger partial charge >= 0.3 is 0 Å². The highest BCUT2D eigenvalue weighted by Crippen LogP contribution is 2.16. The highest BCUT2D eigenvalue weighted by Gasteiger charge is 2.10. The molecule has 0 radical (unpaired) electrons. The molecule has 0 aromatic carbocycles. The van der Waals surface area contributed by atoms with Crippen LogP contribution in [0, 0.1) is 17.0 Å². The molecule has 5 nitrogen and oxygen atoms in total. The Balaban J connectivity index is 2.58. The van der Waals surface area contributed by atoms with Gasteiger partial charge in [0.1, 0.15) is 5.69 Å². The van der Waals surface area contributed by atoms with Gasteiger partial charge in [-0.15, -0.1) is 0 Å². The number of aryl methyl sites for hydroxylation is 1. The van der Waals surface area contributed by atoms with E-state index in [4.69, 9.17) is 0 Å². The Bertz CT molecular complexity index is 486. The van der Waals surface area contributed by atoms with Crippen LogP contribution in [0.3, 0.4) is 0 Å². The van der Waals surface area contributed by atoms with Crippen molar-refractivity contribution < 1.29 is 9.72 Å².